The Hall–Kier alpha value is -3.59. The number of rotatable bonds is 6. The molecule has 30 heavy (non-hydrogen) atoms. The molecule has 3 aromatic rings. The zero-order valence-corrected chi connectivity index (χ0v) is 16.9. The molecule has 0 radical (unpaired) electrons. The molecule has 0 atom stereocenters. The third kappa shape index (κ3) is 5.48. The number of nitrogens with zero attached hydrogens (tertiary/aromatic N) is 1. The van der Waals surface area contributed by atoms with Crippen molar-refractivity contribution < 1.29 is 18.8 Å². The van der Waals surface area contributed by atoms with Crippen LogP contribution in [0.15, 0.2) is 53.9 Å². The first-order valence-electron chi connectivity index (χ1n) is 9.14. The molecule has 3 amide bonds. The number of carbonyl (C=O) groups excluding carboxylic acids is 3. The molecule has 0 aliphatic heterocycles. The number of anilines is 1. The van der Waals surface area contributed by atoms with Crippen molar-refractivity contribution in [2.75, 3.05) is 5.32 Å². The van der Waals surface area contributed by atoms with Gasteiger partial charge in [-0.1, -0.05) is 31.2 Å². The summed E-state index contributed by atoms with van der Waals surface area (Å²) in [6, 6.07) is 12.7. The number of hydrazine groups is 1. The smallest absolute Gasteiger partial charge is 0.269 e. The van der Waals surface area contributed by atoms with E-state index in [9.17, 15) is 18.8 Å². The molecule has 3 rings (SSSR count). The molecule has 0 saturated carbocycles. The standard InChI is InChI=1S/C21H19FN4O3S/c1-2-13-7-9-14(10-8-13)19(28)26-25-18(27)11-15-12-30-21(23-15)24-20(29)16-5-3-4-6-17(16)22/h3-10,12H,2,11H2,1H3,(H,25,27)(H,26,28)(H,23,24,29). The summed E-state index contributed by atoms with van der Waals surface area (Å²) in [5.74, 6) is -2.15. The molecule has 0 aliphatic carbocycles. The second-order valence-electron chi connectivity index (χ2n) is 6.31. The third-order valence-corrected chi connectivity index (χ3v) is 4.98. The normalized spacial score (nSPS) is 10.3. The van der Waals surface area contributed by atoms with E-state index < -0.39 is 23.5 Å². The van der Waals surface area contributed by atoms with Crippen LogP contribution in [0.5, 0.6) is 0 Å². The molecule has 0 saturated heterocycles. The SMILES string of the molecule is CCc1ccc(C(=O)NNC(=O)Cc2csc(NC(=O)c3ccccc3F)n2)cc1. The molecular formula is C21H19FN4O3S. The zero-order valence-electron chi connectivity index (χ0n) is 16.1. The number of thiazole rings is 1. The topological polar surface area (TPSA) is 100 Å². The second kappa shape index (κ2) is 9.75. The number of halogens is 1. The van der Waals surface area contributed by atoms with Crippen LogP contribution in [0.2, 0.25) is 0 Å². The van der Waals surface area contributed by atoms with Crippen LogP contribution in [0, 0.1) is 5.82 Å². The average molecular weight is 426 g/mol. The van der Waals surface area contributed by atoms with Gasteiger partial charge in [0.15, 0.2) is 5.13 Å². The first-order valence-corrected chi connectivity index (χ1v) is 10.0. The van der Waals surface area contributed by atoms with Gasteiger partial charge in [0.2, 0.25) is 5.91 Å². The van der Waals surface area contributed by atoms with Gasteiger partial charge in [-0.2, -0.15) is 0 Å². The maximum atomic E-state index is 13.7. The van der Waals surface area contributed by atoms with Crippen LogP contribution in [0.3, 0.4) is 0 Å². The fourth-order valence-electron chi connectivity index (χ4n) is 2.55. The molecule has 0 bridgehead atoms. The van der Waals surface area contributed by atoms with Gasteiger partial charge in [0.05, 0.1) is 17.7 Å². The molecule has 3 N–H and O–H groups in total. The maximum absolute atomic E-state index is 13.7. The second-order valence-corrected chi connectivity index (χ2v) is 7.17. The van der Waals surface area contributed by atoms with Gasteiger partial charge in [0, 0.05) is 10.9 Å². The monoisotopic (exact) mass is 426 g/mol. The van der Waals surface area contributed by atoms with Gasteiger partial charge >= 0.3 is 0 Å². The third-order valence-electron chi connectivity index (χ3n) is 4.17. The fourth-order valence-corrected chi connectivity index (χ4v) is 3.26. The highest BCUT2D eigenvalue weighted by Gasteiger charge is 2.14. The van der Waals surface area contributed by atoms with E-state index in [0.717, 1.165) is 23.3 Å². The number of hydrogen-bond acceptors (Lipinski definition) is 5. The van der Waals surface area contributed by atoms with E-state index >= 15 is 0 Å². The number of aryl methyl sites for hydroxylation is 1. The summed E-state index contributed by atoms with van der Waals surface area (Å²) in [6.07, 6.45) is 0.774. The summed E-state index contributed by atoms with van der Waals surface area (Å²) in [5, 5.41) is 4.34. The van der Waals surface area contributed by atoms with E-state index in [1.165, 1.54) is 18.2 Å². The maximum Gasteiger partial charge on any atom is 0.269 e. The minimum Gasteiger partial charge on any atom is -0.298 e. The summed E-state index contributed by atoms with van der Waals surface area (Å²) in [7, 11) is 0. The van der Waals surface area contributed by atoms with Gasteiger partial charge in [0.25, 0.3) is 11.8 Å². The predicted molar refractivity (Wildman–Crippen MR) is 112 cm³/mol. The van der Waals surface area contributed by atoms with E-state index in [0.29, 0.717) is 11.3 Å². The Bertz CT molecular complexity index is 1070. The lowest BCUT2D eigenvalue weighted by atomic mass is 10.1. The van der Waals surface area contributed by atoms with Crippen LogP contribution in [0.25, 0.3) is 0 Å². The Kier molecular flexibility index (Phi) is 6.87. The highest BCUT2D eigenvalue weighted by atomic mass is 32.1. The lowest BCUT2D eigenvalue weighted by Gasteiger charge is -2.07. The predicted octanol–water partition coefficient (Wildman–Crippen LogP) is 3.10. The summed E-state index contributed by atoms with van der Waals surface area (Å²) in [4.78, 5) is 40.4. The lowest BCUT2D eigenvalue weighted by molar-refractivity contribution is -0.121. The van der Waals surface area contributed by atoms with Gasteiger partial charge in [-0.15, -0.1) is 11.3 Å². The average Bonchev–Trinajstić information content (AvgIpc) is 3.18. The molecule has 0 unspecified atom stereocenters. The van der Waals surface area contributed by atoms with Crippen molar-refractivity contribution in [3.05, 3.63) is 82.1 Å². The minimum absolute atomic E-state index is 0.0957. The first kappa shape index (κ1) is 21.1. The Balaban J connectivity index is 1.50. The molecule has 154 valence electrons. The van der Waals surface area contributed by atoms with Crippen molar-refractivity contribution in [1.29, 1.82) is 0 Å². The molecule has 7 nitrogen and oxygen atoms in total. The highest BCUT2D eigenvalue weighted by molar-refractivity contribution is 7.14. The number of hydrogen-bond donors (Lipinski definition) is 3. The van der Waals surface area contributed by atoms with Crippen LogP contribution in [0.4, 0.5) is 9.52 Å². The summed E-state index contributed by atoms with van der Waals surface area (Å²) in [5.41, 5.74) is 6.53. The minimum atomic E-state index is -0.633. The van der Waals surface area contributed by atoms with Gasteiger partial charge in [0.1, 0.15) is 5.82 Å². The van der Waals surface area contributed by atoms with Gasteiger partial charge in [-0.05, 0) is 36.2 Å². The van der Waals surface area contributed by atoms with Gasteiger partial charge in [-0.25, -0.2) is 9.37 Å². The molecule has 2 aromatic carbocycles. The molecule has 9 heteroatoms. The fraction of sp³-hybridized carbons (Fsp3) is 0.143. The van der Waals surface area contributed by atoms with E-state index in [-0.39, 0.29) is 17.1 Å². The largest absolute Gasteiger partial charge is 0.298 e. The molecule has 0 aliphatic rings. The Morgan fingerprint density at radius 2 is 1.73 bits per heavy atom. The molecule has 0 spiro atoms. The number of nitrogens with one attached hydrogen (secondary N) is 3. The molecule has 1 aromatic heterocycles. The Labute approximate surface area is 176 Å². The van der Waals surface area contributed by atoms with E-state index in [1.54, 1.807) is 23.6 Å². The molecule has 1 heterocycles. The van der Waals surface area contributed by atoms with Crippen LogP contribution >= 0.6 is 11.3 Å². The van der Waals surface area contributed by atoms with Crippen molar-refractivity contribution in [3.8, 4) is 0 Å². The number of benzene rings is 2. The molecule has 0 fully saturated rings. The summed E-state index contributed by atoms with van der Waals surface area (Å²) in [6.45, 7) is 2.02. The van der Waals surface area contributed by atoms with Crippen molar-refractivity contribution in [2.45, 2.75) is 19.8 Å². The van der Waals surface area contributed by atoms with Crippen LogP contribution in [-0.2, 0) is 17.6 Å². The van der Waals surface area contributed by atoms with E-state index in [1.807, 2.05) is 19.1 Å². The van der Waals surface area contributed by atoms with Crippen molar-refractivity contribution in [1.82, 2.24) is 15.8 Å². The number of carbonyl (C=O) groups is 3. The Morgan fingerprint density at radius 3 is 2.43 bits per heavy atom. The highest BCUT2D eigenvalue weighted by Crippen LogP contribution is 2.17. The van der Waals surface area contributed by atoms with Crippen molar-refractivity contribution in [3.63, 3.8) is 0 Å². The quantitative estimate of drug-likeness (QED) is 0.528. The number of amides is 3. The Morgan fingerprint density at radius 1 is 1.00 bits per heavy atom. The first-order chi connectivity index (χ1) is 14.5. The summed E-state index contributed by atoms with van der Waals surface area (Å²) < 4.78 is 13.7. The molecular weight excluding hydrogens is 407 g/mol. The van der Waals surface area contributed by atoms with Gasteiger partial charge < -0.3 is 0 Å². The number of aromatic nitrogens is 1. The zero-order chi connectivity index (χ0) is 21.5. The van der Waals surface area contributed by atoms with Gasteiger partial charge in [-0.3, -0.25) is 30.6 Å². The van der Waals surface area contributed by atoms with E-state index in [4.69, 9.17) is 0 Å². The van der Waals surface area contributed by atoms with Crippen molar-refractivity contribution >= 4 is 34.2 Å². The van der Waals surface area contributed by atoms with Crippen molar-refractivity contribution in [2.24, 2.45) is 0 Å². The van der Waals surface area contributed by atoms with Crippen LogP contribution in [0.1, 0.15) is 38.9 Å². The summed E-state index contributed by atoms with van der Waals surface area (Å²) >= 11 is 1.11. The van der Waals surface area contributed by atoms with E-state index in [2.05, 4.69) is 21.2 Å². The lowest BCUT2D eigenvalue weighted by Crippen LogP contribution is -2.42. The van der Waals surface area contributed by atoms with Crippen LogP contribution < -0.4 is 16.2 Å². The van der Waals surface area contributed by atoms with Crippen LogP contribution in [-0.4, -0.2) is 22.7 Å².